The van der Waals surface area contributed by atoms with E-state index in [2.05, 4.69) is 15.3 Å². The van der Waals surface area contributed by atoms with Gasteiger partial charge in [0.15, 0.2) is 0 Å². The molecular weight excluding hydrogens is 214 g/mol. The molecule has 1 N–H and O–H groups in total. The average Bonchev–Trinajstić information content (AvgIpc) is 2.69. The Hall–Kier alpha value is -2.23. The van der Waals surface area contributed by atoms with Gasteiger partial charge in [0.25, 0.3) is 5.91 Å². The van der Waals surface area contributed by atoms with Gasteiger partial charge in [-0.05, 0) is 30.2 Å². The standard InChI is InChI=1S/C13H11N3O/c1-8-2-3-9(6-15-8)12-10-4-5-14-7-11(10)13(17)16-12/h2-7,12H,1H3,(H,16,17). The minimum absolute atomic E-state index is 0.0707. The van der Waals surface area contributed by atoms with Gasteiger partial charge in [-0.2, -0.15) is 0 Å². The van der Waals surface area contributed by atoms with Gasteiger partial charge in [-0.25, -0.2) is 0 Å². The zero-order valence-electron chi connectivity index (χ0n) is 9.34. The van der Waals surface area contributed by atoms with Gasteiger partial charge in [0, 0.05) is 24.3 Å². The molecule has 84 valence electrons. The van der Waals surface area contributed by atoms with Crippen LogP contribution in [0.3, 0.4) is 0 Å². The summed E-state index contributed by atoms with van der Waals surface area (Å²) >= 11 is 0. The van der Waals surface area contributed by atoms with Crippen LogP contribution in [0.2, 0.25) is 0 Å². The second-order valence-electron chi connectivity index (χ2n) is 4.10. The lowest BCUT2D eigenvalue weighted by Crippen LogP contribution is -2.19. The molecule has 3 heterocycles. The highest BCUT2D eigenvalue weighted by molar-refractivity contribution is 5.99. The monoisotopic (exact) mass is 225 g/mol. The minimum atomic E-state index is -0.103. The Labute approximate surface area is 98.7 Å². The Kier molecular flexibility index (Phi) is 2.14. The summed E-state index contributed by atoms with van der Waals surface area (Å²) in [6.07, 6.45) is 5.11. The summed E-state index contributed by atoms with van der Waals surface area (Å²) < 4.78 is 0. The molecule has 0 fully saturated rings. The number of hydrogen-bond acceptors (Lipinski definition) is 3. The smallest absolute Gasteiger partial charge is 0.253 e. The van der Waals surface area contributed by atoms with E-state index in [1.54, 1.807) is 18.6 Å². The van der Waals surface area contributed by atoms with Crippen LogP contribution in [0.4, 0.5) is 0 Å². The number of fused-ring (bicyclic) bond motifs is 1. The SMILES string of the molecule is Cc1ccc(C2NC(=O)c3cnccc32)cn1. The van der Waals surface area contributed by atoms with Crippen molar-refractivity contribution in [1.82, 2.24) is 15.3 Å². The first-order valence-electron chi connectivity index (χ1n) is 5.43. The fraction of sp³-hybridized carbons (Fsp3) is 0.154. The molecule has 0 saturated heterocycles. The number of pyridine rings is 2. The van der Waals surface area contributed by atoms with Gasteiger partial charge in [-0.3, -0.25) is 14.8 Å². The van der Waals surface area contributed by atoms with Crippen LogP contribution < -0.4 is 5.32 Å². The molecule has 0 bridgehead atoms. The number of carbonyl (C=O) groups excluding carboxylic acids is 1. The number of amides is 1. The first-order chi connectivity index (χ1) is 8.25. The minimum Gasteiger partial charge on any atom is -0.341 e. The topological polar surface area (TPSA) is 54.9 Å². The highest BCUT2D eigenvalue weighted by Crippen LogP contribution is 2.29. The number of carbonyl (C=O) groups is 1. The van der Waals surface area contributed by atoms with Crippen molar-refractivity contribution in [1.29, 1.82) is 0 Å². The van der Waals surface area contributed by atoms with E-state index < -0.39 is 0 Å². The molecule has 0 radical (unpaired) electrons. The Morgan fingerprint density at radius 3 is 2.88 bits per heavy atom. The molecule has 0 saturated carbocycles. The maximum Gasteiger partial charge on any atom is 0.253 e. The second-order valence-corrected chi connectivity index (χ2v) is 4.10. The molecule has 1 atom stereocenters. The molecule has 4 heteroatoms. The summed E-state index contributed by atoms with van der Waals surface area (Å²) in [6.45, 7) is 1.94. The van der Waals surface area contributed by atoms with Crippen molar-refractivity contribution in [2.45, 2.75) is 13.0 Å². The maximum atomic E-state index is 11.7. The lowest BCUT2D eigenvalue weighted by atomic mass is 10.0. The lowest BCUT2D eigenvalue weighted by Gasteiger charge is -2.11. The van der Waals surface area contributed by atoms with Gasteiger partial charge in [-0.1, -0.05) is 6.07 Å². The van der Waals surface area contributed by atoms with Gasteiger partial charge >= 0.3 is 0 Å². The van der Waals surface area contributed by atoms with Crippen LogP contribution in [-0.2, 0) is 0 Å². The molecule has 1 amide bonds. The van der Waals surface area contributed by atoms with Crippen LogP contribution >= 0.6 is 0 Å². The molecule has 0 spiro atoms. The molecule has 0 aromatic carbocycles. The molecule has 2 aromatic rings. The van der Waals surface area contributed by atoms with Gasteiger partial charge in [0.05, 0.1) is 11.6 Å². The van der Waals surface area contributed by atoms with Crippen LogP contribution in [0.15, 0.2) is 36.8 Å². The van der Waals surface area contributed by atoms with Crippen molar-refractivity contribution in [3.8, 4) is 0 Å². The Bertz CT molecular complexity index is 577. The Balaban J connectivity index is 2.07. The molecule has 0 aliphatic carbocycles. The normalized spacial score (nSPS) is 17.7. The van der Waals surface area contributed by atoms with Crippen molar-refractivity contribution in [2.75, 3.05) is 0 Å². The predicted molar refractivity (Wildman–Crippen MR) is 62.5 cm³/mol. The van der Waals surface area contributed by atoms with E-state index >= 15 is 0 Å². The first kappa shape index (κ1) is 9.96. The molecule has 3 rings (SSSR count). The molecule has 17 heavy (non-hydrogen) atoms. The van der Waals surface area contributed by atoms with Crippen LogP contribution in [0.25, 0.3) is 0 Å². The van der Waals surface area contributed by atoms with Crippen molar-refractivity contribution in [2.24, 2.45) is 0 Å². The highest BCUT2D eigenvalue weighted by atomic mass is 16.2. The van der Waals surface area contributed by atoms with Crippen LogP contribution in [0.1, 0.15) is 33.2 Å². The van der Waals surface area contributed by atoms with Crippen molar-refractivity contribution >= 4 is 5.91 Å². The van der Waals surface area contributed by atoms with Gasteiger partial charge < -0.3 is 5.32 Å². The largest absolute Gasteiger partial charge is 0.341 e. The average molecular weight is 225 g/mol. The quantitative estimate of drug-likeness (QED) is 0.802. The molecule has 1 aliphatic heterocycles. The van der Waals surface area contributed by atoms with E-state index in [1.807, 2.05) is 25.1 Å². The number of hydrogen-bond donors (Lipinski definition) is 1. The van der Waals surface area contributed by atoms with Crippen molar-refractivity contribution in [3.63, 3.8) is 0 Å². The zero-order valence-corrected chi connectivity index (χ0v) is 9.34. The van der Waals surface area contributed by atoms with E-state index in [9.17, 15) is 4.79 Å². The molecule has 1 aliphatic rings. The molecule has 1 unspecified atom stereocenters. The Morgan fingerprint density at radius 2 is 2.12 bits per heavy atom. The highest BCUT2D eigenvalue weighted by Gasteiger charge is 2.29. The summed E-state index contributed by atoms with van der Waals surface area (Å²) in [5.74, 6) is -0.0707. The van der Waals surface area contributed by atoms with Gasteiger partial charge in [-0.15, -0.1) is 0 Å². The third-order valence-electron chi connectivity index (χ3n) is 2.95. The van der Waals surface area contributed by atoms with Gasteiger partial charge in [0.1, 0.15) is 0 Å². The van der Waals surface area contributed by atoms with Crippen LogP contribution in [0.5, 0.6) is 0 Å². The van der Waals surface area contributed by atoms with Crippen LogP contribution in [-0.4, -0.2) is 15.9 Å². The van der Waals surface area contributed by atoms with Gasteiger partial charge in [0.2, 0.25) is 0 Å². The number of rotatable bonds is 1. The fourth-order valence-corrected chi connectivity index (χ4v) is 2.05. The number of aryl methyl sites for hydroxylation is 1. The van der Waals surface area contributed by atoms with E-state index in [1.165, 1.54) is 0 Å². The summed E-state index contributed by atoms with van der Waals surface area (Å²) in [5, 5.41) is 2.94. The van der Waals surface area contributed by atoms with E-state index in [0.29, 0.717) is 5.56 Å². The molecule has 4 nitrogen and oxygen atoms in total. The summed E-state index contributed by atoms with van der Waals surface area (Å²) in [4.78, 5) is 20.0. The van der Waals surface area contributed by atoms with Crippen molar-refractivity contribution < 1.29 is 4.79 Å². The van der Waals surface area contributed by atoms with E-state index in [4.69, 9.17) is 0 Å². The van der Waals surface area contributed by atoms with E-state index in [-0.39, 0.29) is 11.9 Å². The third kappa shape index (κ3) is 1.58. The lowest BCUT2D eigenvalue weighted by molar-refractivity contribution is 0.0960. The predicted octanol–water partition coefficient (Wildman–Crippen LogP) is 1.62. The first-order valence-corrected chi connectivity index (χ1v) is 5.43. The maximum absolute atomic E-state index is 11.7. The number of aromatic nitrogens is 2. The van der Waals surface area contributed by atoms with Crippen LogP contribution in [0, 0.1) is 6.92 Å². The molecule has 2 aromatic heterocycles. The fourth-order valence-electron chi connectivity index (χ4n) is 2.05. The number of nitrogens with one attached hydrogen (secondary N) is 1. The third-order valence-corrected chi connectivity index (χ3v) is 2.95. The number of nitrogens with zero attached hydrogens (tertiary/aromatic N) is 2. The summed E-state index contributed by atoms with van der Waals surface area (Å²) in [5.41, 5.74) is 3.58. The summed E-state index contributed by atoms with van der Waals surface area (Å²) in [6, 6.07) is 5.70. The Morgan fingerprint density at radius 1 is 1.24 bits per heavy atom. The summed E-state index contributed by atoms with van der Waals surface area (Å²) in [7, 11) is 0. The van der Waals surface area contributed by atoms with E-state index in [0.717, 1.165) is 16.8 Å². The second kappa shape index (κ2) is 3.66. The molecular formula is C13H11N3O. The zero-order chi connectivity index (χ0) is 11.8. The van der Waals surface area contributed by atoms with Crippen molar-refractivity contribution in [3.05, 3.63) is 59.2 Å².